The Kier molecular flexibility index (Phi) is 5.95. The van der Waals surface area contributed by atoms with Crippen molar-refractivity contribution in [3.05, 3.63) is 28.0 Å². The highest BCUT2D eigenvalue weighted by atomic mass is 79.9. The molecular formula is C11H11BrClF2NO2. The third-order valence-electron chi connectivity index (χ3n) is 2.25. The molecular weight excluding hydrogens is 331 g/mol. The lowest BCUT2D eigenvalue weighted by atomic mass is 10.1. The van der Waals surface area contributed by atoms with Crippen molar-refractivity contribution in [2.75, 3.05) is 6.61 Å². The molecule has 0 saturated carbocycles. The predicted molar refractivity (Wildman–Crippen MR) is 67.2 cm³/mol. The number of rotatable bonds is 5. The van der Waals surface area contributed by atoms with Crippen molar-refractivity contribution in [2.24, 2.45) is 0 Å². The van der Waals surface area contributed by atoms with Crippen LogP contribution in [-0.2, 0) is 21.3 Å². The number of pyridine rings is 1. The monoisotopic (exact) mass is 341 g/mol. The van der Waals surface area contributed by atoms with Gasteiger partial charge in [0.1, 0.15) is 5.69 Å². The molecule has 1 aromatic rings. The van der Waals surface area contributed by atoms with Crippen molar-refractivity contribution >= 4 is 33.5 Å². The van der Waals surface area contributed by atoms with E-state index in [1.165, 1.54) is 0 Å². The van der Waals surface area contributed by atoms with E-state index in [9.17, 15) is 13.6 Å². The van der Waals surface area contributed by atoms with Gasteiger partial charge in [0.25, 0.3) is 6.43 Å². The van der Waals surface area contributed by atoms with Crippen molar-refractivity contribution in [2.45, 2.75) is 25.1 Å². The molecule has 1 rings (SSSR count). The highest BCUT2D eigenvalue weighted by molar-refractivity contribution is 9.08. The lowest BCUT2D eigenvalue weighted by Crippen LogP contribution is -2.11. The van der Waals surface area contributed by atoms with E-state index < -0.39 is 12.4 Å². The van der Waals surface area contributed by atoms with Crippen LogP contribution < -0.4 is 0 Å². The van der Waals surface area contributed by atoms with Gasteiger partial charge in [-0.3, -0.25) is 9.78 Å². The Bertz CT molecular complexity index is 443. The van der Waals surface area contributed by atoms with E-state index in [1.807, 2.05) is 0 Å². The predicted octanol–water partition coefficient (Wildman–Crippen LogP) is 3.67. The normalized spacial score (nSPS) is 10.8. The Labute approximate surface area is 117 Å². The lowest BCUT2D eigenvalue weighted by molar-refractivity contribution is -0.142. The largest absolute Gasteiger partial charge is 0.466 e. The SMILES string of the molecule is CCOC(=O)Cc1c(Cl)cnc(C(F)F)c1CBr. The van der Waals surface area contributed by atoms with E-state index in [0.717, 1.165) is 6.20 Å². The summed E-state index contributed by atoms with van der Waals surface area (Å²) in [6, 6.07) is 0. The molecule has 7 heteroatoms. The minimum atomic E-state index is -2.71. The van der Waals surface area contributed by atoms with E-state index in [-0.39, 0.29) is 34.6 Å². The Balaban J connectivity index is 3.15. The average molecular weight is 343 g/mol. The summed E-state index contributed by atoms with van der Waals surface area (Å²) in [5, 5.41) is 0.330. The summed E-state index contributed by atoms with van der Waals surface area (Å²) < 4.78 is 30.3. The van der Waals surface area contributed by atoms with Crippen LogP contribution in [0.3, 0.4) is 0 Å². The van der Waals surface area contributed by atoms with Crippen LogP contribution in [0.1, 0.15) is 30.2 Å². The number of esters is 1. The molecule has 1 heterocycles. The molecule has 1 aromatic heterocycles. The summed E-state index contributed by atoms with van der Waals surface area (Å²) in [7, 11) is 0. The standard InChI is InChI=1S/C11H11BrClF2NO2/c1-2-18-9(17)3-6-7(4-12)10(11(14)15)16-5-8(6)13/h5,11H,2-4H2,1H3. The first-order valence-corrected chi connectivity index (χ1v) is 6.67. The third-order valence-corrected chi connectivity index (χ3v) is 3.13. The van der Waals surface area contributed by atoms with Gasteiger partial charge in [0.15, 0.2) is 0 Å². The van der Waals surface area contributed by atoms with Crippen LogP contribution >= 0.6 is 27.5 Å². The van der Waals surface area contributed by atoms with Crippen LogP contribution in [0.2, 0.25) is 5.02 Å². The average Bonchev–Trinajstić information content (AvgIpc) is 2.31. The number of hydrogen-bond donors (Lipinski definition) is 0. The van der Waals surface area contributed by atoms with Crippen LogP contribution in [0.4, 0.5) is 8.78 Å². The first-order valence-electron chi connectivity index (χ1n) is 5.17. The van der Waals surface area contributed by atoms with Gasteiger partial charge in [0.2, 0.25) is 0 Å². The topological polar surface area (TPSA) is 39.2 Å². The molecule has 0 radical (unpaired) electrons. The maximum Gasteiger partial charge on any atom is 0.310 e. The summed E-state index contributed by atoms with van der Waals surface area (Å²) >= 11 is 9.00. The molecule has 0 aliphatic carbocycles. The fraction of sp³-hybridized carbons (Fsp3) is 0.455. The summed E-state index contributed by atoms with van der Waals surface area (Å²) in [5.41, 5.74) is 0.207. The van der Waals surface area contributed by atoms with Crippen molar-refractivity contribution in [3.8, 4) is 0 Å². The molecule has 0 saturated heterocycles. The number of carbonyl (C=O) groups is 1. The molecule has 0 aliphatic heterocycles. The van der Waals surface area contributed by atoms with E-state index in [2.05, 4.69) is 20.9 Å². The second-order valence-electron chi connectivity index (χ2n) is 3.36. The smallest absolute Gasteiger partial charge is 0.310 e. The second-order valence-corrected chi connectivity index (χ2v) is 4.33. The van der Waals surface area contributed by atoms with Gasteiger partial charge in [-0.25, -0.2) is 8.78 Å². The van der Waals surface area contributed by atoms with Gasteiger partial charge in [-0.2, -0.15) is 0 Å². The number of nitrogens with zero attached hydrogens (tertiary/aromatic N) is 1. The van der Waals surface area contributed by atoms with Gasteiger partial charge in [0, 0.05) is 11.5 Å². The van der Waals surface area contributed by atoms with Crippen molar-refractivity contribution in [3.63, 3.8) is 0 Å². The highest BCUT2D eigenvalue weighted by Crippen LogP contribution is 2.30. The van der Waals surface area contributed by atoms with Crippen LogP contribution in [0.5, 0.6) is 0 Å². The first kappa shape index (κ1) is 15.3. The quantitative estimate of drug-likeness (QED) is 0.605. The Hall–Kier alpha value is -0.750. The van der Waals surface area contributed by atoms with Crippen LogP contribution in [-0.4, -0.2) is 17.6 Å². The molecule has 0 bridgehead atoms. The summed E-state index contributed by atoms with van der Waals surface area (Å²) in [4.78, 5) is 15.0. The molecule has 18 heavy (non-hydrogen) atoms. The molecule has 100 valence electrons. The molecule has 0 unspecified atom stereocenters. The molecule has 3 nitrogen and oxygen atoms in total. The molecule has 0 aliphatic rings. The molecule has 0 amide bonds. The van der Waals surface area contributed by atoms with Gasteiger partial charge in [-0.1, -0.05) is 27.5 Å². The van der Waals surface area contributed by atoms with Crippen molar-refractivity contribution in [1.29, 1.82) is 0 Å². The Morgan fingerprint density at radius 1 is 1.56 bits per heavy atom. The Morgan fingerprint density at radius 2 is 2.22 bits per heavy atom. The van der Waals surface area contributed by atoms with Crippen LogP contribution in [0.15, 0.2) is 6.20 Å². The van der Waals surface area contributed by atoms with Gasteiger partial charge in [-0.15, -0.1) is 0 Å². The van der Waals surface area contributed by atoms with Gasteiger partial charge in [0.05, 0.1) is 18.1 Å². The van der Waals surface area contributed by atoms with E-state index in [4.69, 9.17) is 16.3 Å². The molecule has 0 spiro atoms. The molecule has 0 aromatic carbocycles. The number of ether oxygens (including phenoxy) is 1. The van der Waals surface area contributed by atoms with Crippen LogP contribution in [0, 0.1) is 0 Å². The van der Waals surface area contributed by atoms with E-state index >= 15 is 0 Å². The zero-order valence-corrected chi connectivity index (χ0v) is 11.9. The van der Waals surface area contributed by atoms with E-state index in [1.54, 1.807) is 6.92 Å². The first-order chi connectivity index (χ1) is 8.51. The number of halogens is 4. The van der Waals surface area contributed by atoms with Gasteiger partial charge >= 0.3 is 5.97 Å². The Morgan fingerprint density at radius 3 is 2.72 bits per heavy atom. The minimum Gasteiger partial charge on any atom is -0.466 e. The highest BCUT2D eigenvalue weighted by Gasteiger charge is 2.21. The number of carbonyl (C=O) groups excluding carboxylic acids is 1. The molecule has 0 N–H and O–H groups in total. The lowest BCUT2D eigenvalue weighted by Gasteiger charge is -2.12. The second kappa shape index (κ2) is 6.99. The fourth-order valence-electron chi connectivity index (χ4n) is 1.47. The zero-order valence-electron chi connectivity index (χ0n) is 9.55. The third kappa shape index (κ3) is 3.62. The van der Waals surface area contributed by atoms with Crippen LogP contribution in [0.25, 0.3) is 0 Å². The summed E-state index contributed by atoms with van der Waals surface area (Å²) in [5.74, 6) is -0.506. The maximum absolute atomic E-state index is 12.8. The summed E-state index contributed by atoms with van der Waals surface area (Å²) in [6.45, 7) is 1.90. The fourth-order valence-corrected chi connectivity index (χ4v) is 2.32. The zero-order chi connectivity index (χ0) is 13.7. The molecule has 0 atom stereocenters. The summed E-state index contributed by atoms with van der Waals surface area (Å²) in [6.07, 6.45) is -1.73. The number of aromatic nitrogens is 1. The van der Waals surface area contributed by atoms with Gasteiger partial charge in [-0.05, 0) is 18.1 Å². The number of alkyl halides is 3. The number of hydrogen-bond acceptors (Lipinski definition) is 3. The molecule has 0 fully saturated rings. The van der Waals surface area contributed by atoms with Gasteiger partial charge < -0.3 is 4.74 Å². The van der Waals surface area contributed by atoms with E-state index in [0.29, 0.717) is 5.56 Å². The van der Waals surface area contributed by atoms with Crippen molar-refractivity contribution < 1.29 is 18.3 Å². The maximum atomic E-state index is 12.8. The van der Waals surface area contributed by atoms with Crippen molar-refractivity contribution in [1.82, 2.24) is 4.98 Å². The minimum absolute atomic E-state index is 0.143.